The van der Waals surface area contributed by atoms with E-state index in [0.717, 1.165) is 18.7 Å². The van der Waals surface area contributed by atoms with E-state index in [0.29, 0.717) is 18.8 Å². The summed E-state index contributed by atoms with van der Waals surface area (Å²) in [4.78, 5) is 0.289. The number of rotatable bonds is 4. The average Bonchev–Trinajstić information content (AvgIpc) is 3.01. The first kappa shape index (κ1) is 15.9. The van der Waals surface area contributed by atoms with Crippen LogP contribution in [0.1, 0.15) is 24.6 Å². The van der Waals surface area contributed by atoms with Crippen molar-refractivity contribution in [2.75, 3.05) is 20.2 Å². The van der Waals surface area contributed by atoms with Gasteiger partial charge in [-0.2, -0.15) is 4.31 Å². The number of aryl methyl sites for hydroxylation is 1. The number of sulfonamides is 1. The Kier molecular flexibility index (Phi) is 4.36. The number of piperidine rings is 1. The van der Waals surface area contributed by atoms with E-state index in [1.807, 2.05) is 11.6 Å². The summed E-state index contributed by atoms with van der Waals surface area (Å²) in [6.45, 7) is 0.962. The minimum atomic E-state index is -3.50. The summed E-state index contributed by atoms with van der Waals surface area (Å²) in [5.74, 6) is 1.54. The highest BCUT2D eigenvalue weighted by Crippen LogP contribution is 2.29. The Labute approximate surface area is 135 Å². The molecule has 1 aromatic heterocycles. The molecule has 1 aliphatic heterocycles. The first-order valence-electron chi connectivity index (χ1n) is 7.50. The number of nitrogens with zero attached hydrogens (tertiary/aromatic N) is 4. The second-order valence-corrected chi connectivity index (χ2v) is 7.62. The minimum Gasteiger partial charge on any atom is -0.497 e. The normalized spacial score (nSPS) is 19.7. The van der Waals surface area contributed by atoms with E-state index in [9.17, 15) is 8.42 Å². The summed E-state index contributed by atoms with van der Waals surface area (Å²) >= 11 is 0. The van der Waals surface area contributed by atoms with Crippen molar-refractivity contribution in [2.45, 2.75) is 23.7 Å². The highest BCUT2D eigenvalue weighted by atomic mass is 32.2. The van der Waals surface area contributed by atoms with Crippen LogP contribution in [0.3, 0.4) is 0 Å². The van der Waals surface area contributed by atoms with E-state index in [1.165, 1.54) is 4.31 Å². The third-order valence-corrected chi connectivity index (χ3v) is 6.07. The summed E-state index contributed by atoms with van der Waals surface area (Å²) < 4.78 is 34.1. The Bertz CT molecular complexity index is 770. The summed E-state index contributed by atoms with van der Waals surface area (Å²) in [6, 6.07) is 6.49. The van der Waals surface area contributed by atoms with Crippen molar-refractivity contribution >= 4 is 10.0 Å². The van der Waals surface area contributed by atoms with Crippen LogP contribution in [-0.4, -0.2) is 47.7 Å². The molecule has 1 saturated heterocycles. The zero-order chi connectivity index (χ0) is 16.4. The Hall–Kier alpha value is -1.93. The van der Waals surface area contributed by atoms with Gasteiger partial charge in [0, 0.05) is 26.1 Å². The molecule has 2 heterocycles. The third-order valence-electron chi connectivity index (χ3n) is 4.19. The van der Waals surface area contributed by atoms with Gasteiger partial charge in [0.25, 0.3) is 0 Å². The van der Waals surface area contributed by atoms with Crippen molar-refractivity contribution in [2.24, 2.45) is 7.05 Å². The second kappa shape index (κ2) is 6.29. The maximum absolute atomic E-state index is 12.8. The molecular weight excluding hydrogens is 316 g/mol. The van der Waals surface area contributed by atoms with Crippen LogP contribution in [0.25, 0.3) is 0 Å². The maximum Gasteiger partial charge on any atom is 0.243 e. The lowest BCUT2D eigenvalue weighted by atomic mass is 9.99. The van der Waals surface area contributed by atoms with Gasteiger partial charge in [0.1, 0.15) is 17.9 Å². The van der Waals surface area contributed by atoms with E-state index < -0.39 is 10.0 Å². The molecular formula is C15H20N4O3S. The van der Waals surface area contributed by atoms with Crippen molar-refractivity contribution in [1.29, 1.82) is 0 Å². The van der Waals surface area contributed by atoms with Crippen LogP contribution < -0.4 is 4.74 Å². The van der Waals surface area contributed by atoms with Crippen molar-refractivity contribution in [3.05, 3.63) is 36.4 Å². The predicted molar refractivity (Wildman–Crippen MR) is 84.7 cm³/mol. The van der Waals surface area contributed by atoms with Gasteiger partial charge >= 0.3 is 0 Å². The van der Waals surface area contributed by atoms with Crippen molar-refractivity contribution in [1.82, 2.24) is 19.1 Å². The van der Waals surface area contributed by atoms with Crippen molar-refractivity contribution in [3.63, 3.8) is 0 Å². The zero-order valence-electron chi connectivity index (χ0n) is 13.2. The summed E-state index contributed by atoms with van der Waals surface area (Å²) in [6.07, 6.45) is 3.38. The van der Waals surface area contributed by atoms with Crippen molar-refractivity contribution < 1.29 is 13.2 Å². The summed E-state index contributed by atoms with van der Waals surface area (Å²) in [5.41, 5.74) is 0. The quantitative estimate of drug-likeness (QED) is 0.843. The lowest BCUT2D eigenvalue weighted by Gasteiger charge is -2.31. The number of methoxy groups -OCH3 is 1. The van der Waals surface area contributed by atoms with Crippen molar-refractivity contribution in [3.8, 4) is 5.75 Å². The van der Waals surface area contributed by atoms with E-state index in [1.54, 1.807) is 37.7 Å². The minimum absolute atomic E-state index is 0.0734. The molecule has 1 atom stereocenters. The topological polar surface area (TPSA) is 77.3 Å². The van der Waals surface area contributed by atoms with Crippen LogP contribution >= 0.6 is 0 Å². The van der Waals surface area contributed by atoms with Gasteiger partial charge in [-0.1, -0.05) is 0 Å². The van der Waals surface area contributed by atoms with Gasteiger partial charge < -0.3 is 9.30 Å². The number of hydrogen-bond acceptors (Lipinski definition) is 5. The fourth-order valence-corrected chi connectivity index (χ4v) is 4.45. The van der Waals surface area contributed by atoms with Crippen LogP contribution in [0.4, 0.5) is 0 Å². The van der Waals surface area contributed by atoms with Crippen LogP contribution in [0, 0.1) is 0 Å². The smallest absolute Gasteiger partial charge is 0.243 e. The van der Waals surface area contributed by atoms with Gasteiger partial charge in [-0.15, -0.1) is 10.2 Å². The van der Waals surface area contributed by atoms with E-state index >= 15 is 0 Å². The molecule has 124 valence electrons. The van der Waals surface area contributed by atoms with E-state index in [-0.39, 0.29) is 10.8 Å². The first-order chi connectivity index (χ1) is 11.0. The molecule has 0 aliphatic carbocycles. The van der Waals surface area contributed by atoms with Crippen LogP contribution in [0.5, 0.6) is 5.75 Å². The molecule has 0 unspecified atom stereocenters. The van der Waals surface area contributed by atoms with Crippen LogP contribution in [0.15, 0.2) is 35.5 Å². The largest absolute Gasteiger partial charge is 0.497 e. The Morgan fingerprint density at radius 3 is 2.61 bits per heavy atom. The molecule has 0 radical (unpaired) electrons. The molecule has 0 N–H and O–H groups in total. The molecule has 3 rings (SSSR count). The Morgan fingerprint density at radius 1 is 1.26 bits per heavy atom. The van der Waals surface area contributed by atoms with E-state index in [2.05, 4.69) is 10.2 Å². The van der Waals surface area contributed by atoms with Gasteiger partial charge in [-0.3, -0.25) is 0 Å². The van der Waals surface area contributed by atoms with E-state index in [4.69, 9.17) is 4.74 Å². The molecule has 0 bridgehead atoms. The number of ether oxygens (including phenoxy) is 1. The van der Waals surface area contributed by atoms with Gasteiger partial charge in [0.15, 0.2) is 0 Å². The highest BCUT2D eigenvalue weighted by molar-refractivity contribution is 7.89. The molecule has 1 aliphatic rings. The molecule has 7 nitrogen and oxygen atoms in total. The van der Waals surface area contributed by atoms with Gasteiger partial charge in [-0.25, -0.2) is 8.42 Å². The second-order valence-electron chi connectivity index (χ2n) is 5.68. The number of hydrogen-bond donors (Lipinski definition) is 0. The third kappa shape index (κ3) is 3.09. The predicted octanol–water partition coefficient (Wildman–Crippen LogP) is 1.39. The molecule has 2 aromatic rings. The average molecular weight is 336 g/mol. The lowest BCUT2D eigenvalue weighted by molar-refractivity contribution is 0.306. The number of aromatic nitrogens is 3. The molecule has 23 heavy (non-hydrogen) atoms. The Balaban J connectivity index is 1.83. The molecule has 0 amide bonds. The fourth-order valence-electron chi connectivity index (χ4n) is 2.93. The summed E-state index contributed by atoms with van der Waals surface area (Å²) in [5, 5.41) is 8.02. The maximum atomic E-state index is 12.8. The van der Waals surface area contributed by atoms with Gasteiger partial charge in [0.05, 0.1) is 12.0 Å². The van der Waals surface area contributed by atoms with Crippen LogP contribution in [0.2, 0.25) is 0 Å². The standard InChI is InChI=1S/C15H20N4O3S/c1-18-11-16-17-15(18)12-4-3-9-19(10-12)23(20,21)14-7-5-13(22-2)6-8-14/h5-8,11-12H,3-4,9-10H2,1-2H3/t12-/m1/s1. The number of benzene rings is 1. The van der Waals surface area contributed by atoms with Crippen LogP contribution in [-0.2, 0) is 17.1 Å². The lowest BCUT2D eigenvalue weighted by Crippen LogP contribution is -2.39. The molecule has 0 saturated carbocycles. The summed E-state index contributed by atoms with van der Waals surface area (Å²) in [7, 11) is -0.0671. The van der Waals surface area contributed by atoms with Gasteiger partial charge in [0.2, 0.25) is 10.0 Å². The molecule has 1 aromatic carbocycles. The molecule has 1 fully saturated rings. The fraction of sp³-hybridized carbons (Fsp3) is 0.467. The molecule has 0 spiro atoms. The first-order valence-corrected chi connectivity index (χ1v) is 8.94. The molecule has 8 heteroatoms. The Morgan fingerprint density at radius 2 is 2.00 bits per heavy atom. The zero-order valence-corrected chi connectivity index (χ0v) is 14.0. The monoisotopic (exact) mass is 336 g/mol. The van der Waals surface area contributed by atoms with Gasteiger partial charge in [-0.05, 0) is 37.1 Å². The highest BCUT2D eigenvalue weighted by Gasteiger charge is 2.32. The SMILES string of the molecule is COc1ccc(S(=O)(=O)N2CCC[C@@H](c3nncn3C)C2)cc1.